The van der Waals surface area contributed by atoms with E-state index in [9.17, 15) is 17.1 Å². The van der Waals surface area contributed by atoms with Gasteiger partial charge in [0.1, 0.15) is 6.61 Å². The van der Waals surface area contributed by atoms with Crippen LogP contribution in [0.15, 0.2) is 76.7 Å². The first-order valence-corrected chi connectivity index (χ1v) is 13.2. The predicted octanol–water partition coefficient (Wildman–Crippen LogP) is 5.35. The number of nitrogens with zero attached hydrogens (tertiary/aromatic N) is 5. The van der Waals surface area contributed by atoms with Gasteiger partial charge in [-0.15, -0.1) is 3.89 Å². The Morgan fingerprint density at radius 2 is 1.62 bits per heavy atom. The number of carbonyl (C=O) groups is 1. The molecule has 2 aliphatic rings. The van der Waals surface area contributed by atoms with Gasteiger partial charge in [-0.3, -0.25) is 4.90 Å². The Hall–Kier alpha value is -3.92. The van der Waals surface area contributed by atoms with E-state index in [1.807, 2.05) is 29.2 Å². The highest BCUT2D eigenvalue weighted by Crippen LogP contribution is 2.44. The van der Waals surface area contributed by atoms with Crippen LogP contribution in [0.3, 0.4) is 0 Å². The lowest BCUT2D eigenvalue weighted by atomic mass is 9.98. The number of carbonyl (C=O) groups excluding carboxylic acids is 1. The average molecular weight is 522 g/mol. The Bertz CT molecular complexity index is 1450. The zero-order chi connectivity index (χ0) is 26.0. The molecular weight excluding hydrogens is 497 g/mol. The summed E-state index contributed by atoms with van der Waals surface area (Å²) in [6, 6.07) is 20.1. The van der Waals surface area contributed by atoms with E-state index in [2.05, 4.69) is 34.3 Å². The smallest absolute Gasteiger partial charge is 0.409 e. The molecule has 0 aromatic heterocycles. The molecule has 1 saturated heterocycles. The summed E-state index contributed by atoms with van der Waals surface area (Å²) in [6.45, 7) is 2.47. The van der Waals surface area contributed by atoms with Crippen molar-refractivity contribution in [2.24, 2.45) is 5.11 Å². The molecular formula is C26H24FN5O4S. The number of azide groups is 1. The highest BCUT2D eigenvalue weighted by molar-refractivity contribution is 7.86. The van der Waals surface area contributed by atoms with Gasteiger partial charge in [-0.2, -0.15) is 8.42 Å². The van der Waals surface area contributed by atoms with E-state index in [-0.39, 0.29) is 24.3 Å². The molecule has 0 N–H and O–H groups in total. The highest BCUT2D eigenvalue weighted by atomic mass is 32.3. The minimum atomic E-state index is -4.95. The summed E-state index contributed by atoms with van der Waals surface area (Å²) in [5.41, 5.74) is 13.8. The van der Waals surface area contributed by atoms with Crippen molar-refractivity contribution >= 4 is 22.0 Å². The molecule has 1 heterocycles. The third kappa shape index (κ3) is 5.29. The lowest BCUT2D eigenvalue weighted by Crippen LogP contribution is -2.48. The van der Waals surface area contributed by atoms with E-state index in [0.29, 0.717) is 38.3 Å². The number of hydrogen-bond acceptors (Lipinski definition) is 6. The number of benzene rings is 3. The largest absolute Gasteiger partial charge is 0.448 e. The number of rotatable bonds is 6. The molecule has 1 aliphatic heterocycles. The first kappa shape index (κ1) is 24.8. The maximum atomic E-state index is 13.6. The Morgan fingerprint density at radius 1 is 1.00 bits per heavy atom. The maximum Gasteiger partial charge on any atom is 0.409 e. The van der Waals surface area contributed by atoms with Crippen LogP contribution < -0.4 is 0 Å². The van der Waals surface area contributed by atoms with Gasteiger partial charge in [0, 0.05) is 49.2 Å². The van der Waals surface area contributed by atoms with Crippen molar-refractivity contribution in [2.45, 2.75) is 17.4 Å². The first-order chi connectivity index (χ1) is 17.8. The van der Waals surface area contributed by atoms with Crippen molar-refractivity contribution in [3.05, 3.63) is 93.9 Å². The van der Waals surface area contributed by atoms with Gasteiger partial charge in [-0.1, -0.05) is 53.6 Å². The van der Waals surface area contributed by atoms with E-state index >= 15 is 0 Å². The molecule has 1 aliphatic carbocycles. The molecule has 11 heteroatoms. The second kappa shape index (κ2) is 10.2. The second-order valence-corrected chi connectivity index (χ2v) is 10.4. The van der Waals surface area contributed by atoms with Crippen LogP contribution in [0.2, 0.25) is 0 Å². The van der Waals surface area contributed by atoms with Crippen LogP contribution in [0.25, 0.3) is 21.6 Å². The molecule has 37 heavy (non-hydrogen) atoms. The van der Waals surface area contributed by atoms with E-state index in [4.69, 9.17) is 10.3 Å². The third-order valence-electron chi connectivity index (χ3n) is 6.77. The molecule has 0 saturated carbocycles. The van der Waals surface area contributed by atoms with Gasteiger partial charge in [0.25, 0.3) is 0 Å². The first-order valence-electron chi connectivity index (χ1n) is 11.8. The summed E-state index contributed by atoms with van der Waals surface area (Å²) in [5, 5.41) is 3.41. The number of ether oxygens (including phenoxy) is 1. The minimum absolute atomic E-state index is 0.0121. The Kier molecular flexibility index (Phi) is 6.84. The van der Waals surface area contributed by atoms with Gasteiger partial charge in [0.15, 0.2) is 0 Å². The minimum Gasteiger partial charge on any atom is -0.448 e. The Labute approximate surface area is 213 Å². The Morgan fingerprint density at radius 3 is 2.22 bits per heavy atom. The molecule has 1 amide bonds. The molecule has 0 spiro atoms. The maximum absolute atomic E-state index is 13.6. The number of fused-ring (bicyclic) bond motifs is 3. The summed E-state index contributed by atoms with van der Waals surface area (Å²) in [5.74, 6) is -0.0121. The fourth-order valence-corrected chi connectivity index (χ4v) is 5.57. The molecule has 0 bridgehead atoms. The van der Waals surface area contributed by atoms with Crippen LogP contribution in [0, 0.1) is 0 Å². The average Bonchev–Trinajstić information content (AvgIpc) is 3.21. The monoisotopic (exact) mass is 521 g/mol. The lowest BCUT2D eigenvalue weighted by molar-refractivity contribution is 0.0728. The summed E-state index contributed by atoms with van der Waals surface area (Å²) in [7, 11) is -4.95. The van der Waals surface area contributed by atoms with Crippen molar-refractivity contribution in [1.29, 1.82) is 0 Å². The molecule has 0 radical (unpaired) electrons. The number of halogens is 1. The third-order valence-corrected chi connectivity index (χ3v) is 7.56. The fourth-order valence-electron chi connectivity index (χ4n) is 5.02. The number of amides is 1. The summed E-state index contributed by atoms with van der Waals surface area (Å²) < 4.78 is 42.0. The van der Waals surface area contributed by atoms with Crippen LogP contribution in [0.5, 0.6) is 0 Å². The van der Waals surface area contributed by atoms with Crippen molar-refractivity contribution in [1.82, 2.24) is 9.80 Å². The molecule has 190 valence electrons. The molecule has 9 nitrogen and oxygen atoms in total. The SMILES string of the molecule is [N-]=[N+]=Nc1cc(CN2CCN(C(=O)OCC3c4ccccc4-c4ccccc43)CC2)cc(S(=O)(=O)F)c1. The van der Waals surface area contributed by atoms with Gasteiger partial charge in [-0.05, 0) is 51.5 Å². The van der Waals surface area contributed by atoms with Gasteiger partial charge in [0.05, 0.1) is 4.90 Å². The summed E-state index contributed by atoms with van der Waals surface area (Å²) in [6.07, 6.45) is -0.377. The van der Waals surface area contributed by atoms with Crippen molar-refractivity contribution in [2.75, 3.05) is 32.8 Å². The van der Waals surface area contributed by atoms with Gasteiger partial charge >= 0.3 is 16.3 Å². The van der Waals surface area contributed by atoms with E-state index in [1.165, 1.54) is 23.3 Å². The predicted molar refractivity (Wildman–Crippen MR) is 135 cm³/mol. The Balaban J connectivity index is 1.19. The summed E-state index contributed by atoms with van der Waals surface area (Å²) >= 11 is 0. The molecule has 0 unspecified atom stereocenters. The second-order valence-electron chi connectivity index (χ2n) is 9.03. The zero-order valence-electron chi connectivity index (χ0n) is 19.8. The molecule has 0 atom stereocenters. The highest BCUT2D eigenvalue weighted by Gasteiger charge is 2.30. The van der Waals surface area contributed by atoms with Crippen molar-refractivity contribution in [3.63, 3.8) is 0 Å². The molecule has 3 aromatic carbocycles. The van der Waals surface area contributed by atoms with Gasteiger partial charge in [-0.25, -0.2) is 4.79 Å². The van der Waals surface area contributed by atoms with E-state index in [0.717, 1.165) is 17.2 Å². The molecule has 1 fully saturated rings. The molecule has 3 aromatic rings. The summed E-state index contributed by atoms with van der Waals surface area (Å²) in [4.78, 5) is 18.6. The van der Waals surface area contributed by atoms with Gasteiger partial charge < -0.3 is 9.64 Å². The van der Waals surface area contributed by atoms with E-state index in [1.54, 1.807) is 4.90 Å². The van der Waals surface area contributed by atoms with Crippen LogP contribution in [0.1, 0.15) is 22.6 Å². The van der Waals surface area contributed by atoms with Crippen molar-refractivity contribution < 1.29 is 21.8 Å². The van der Waals surface area contributed by atoms with Crippen molar-refractivity contribution in [3.8, 4) is 11.1 Å². The molecule has 5 rings (SSSR count). The topological polar surface area (TPSA) is 116 Å². The van der Waals surface area contributed by atoms with Gasteiger partial charge in [0.2, 0.25) is 0 Å². The number of hydrogen-bond donors (Lipinski definition) is 0. The fraction of sp³-hybridized carbons (Fsp3) is 0.269. The van der Waals surface area contributed by atoms with Crippen LogP contribution >= 0.6 is 0 Å². The normalized spacial score (nSPS) is 15.5. The quantitative estimate of drug-likeness (QED) is 0.188. The number of piperazine rings is 1. The van der Waals surface area contributed by atoms with Crippen LogP contribution in [-0.2, 0) is 21.5 Å². The van der Waals surface area contributed by atoms with Crippen LogP contribution in [-0.4, -0.2) is 57.1 Å². The standard InChI is InChI=1S/C26H24FN5O4S/c27-37(34,35)20-14-18(13-19(15-20)29-30-28)16-31-9-11-32(12-10-31)26(33)36-17-25-23-7-3-1-5-21(23)22-6-2-4-8-24(22)25/h1-8,13-15,25H,9-12,16-17H2. The van der Waals surface area contributed by atoms with Crippen LogP contribution in [0.4, 0.5) is 14.4 Å². The lowest BCUT2D eigenvalue weighted by Gasteiger charge is -2.34. The zero-order valence-corrected chi connectivity index (χ0v) is 20.6. The van der Waals surface area contributed by atoms with E-state index < -0.39 is 15.1 Å².